The molecule has 2 N–H and O–H groups in total. The Bertz CT molecular complexity index is 1280. The van der Waals surface area contributed by atoms with Crippen molar-refractivity contribution in [2.75, 3.05) is 20.0 Å². The summed E-state index contributed by atoms with van der Waals surface area (Å²) in [6.45, 7) is 4.27. The molecule has 0 aliphatic carbocycles. The van der Waals surface area contributed by atoms with Gasteiger partial charge in [-0.05, 0) is 35.7 Å². The van der Waals surface area contributed by atoms with Crippen molar-refractivity contribution < 1.29 is 19.1 Å². The fourth-order valence-electron chi connectivity index (χ4n) is 3.19. The Morgan fingerprint density at radius 1 is 0.939 bits per heavy atom. The van der Waals surface area contributed by atoms with Crippen molar-refractivity contribution in [2.45, 2.75) is 19.8 Å². The first kappa shape index (κ1) is 23.4. The van der Waals surface area contributed by atoms with Crippen LogP contribution in [0.1, 0.15) is 46.0 Å². The minimum atomic E-state index is -0.462. The van der Waals surface area contributed by atoms with Crippen LogP contribution in [0.3, 0.4) is 0 Å². The molecule has 0 amide bonds. The average molecular weight is 447 g/mol. The van der Waals surface area contributed by atoms with E-state index in [1.165, 1.54) is 26.0 Å². The number of nitrogens with zero attached hydrogens (tertiary/aromatic N) is 4. The molecular weight excluding hydrogens is 422 g/mol. The molecule has 1 aromatic carbocycles. The molecular formula is C24H25N5O4. The van der Waals surface area contributed by atoms with E-state index in [1.807, 2.05) is 18.2 Å². The van der Waals surface area contributed by atoms with Crippen LogP contribution in [0.15, 0.2) is 60.9 Å². The number of carbonyl (C=O) groups excluding carboxylic acids is 2. The number of anilines is 1. The van der Waals surface area contributed by atoms with Gasteiger partial charge in [0.1, 0.15) is 16.9 Å². The Labute approximate surface area is 191 Å². The second-order valence-corrected chi connectivity index (χ2v) is 7.29. The number of ether oxygens (including phenoxy) is 2. The van der Waals surface area contributed by atoms with Crippen molar-refractivity contribution in [3.05, 3.63) is 77.6 Å². The number of fused-ring (bicyclic) bond motifs is 1. The molecule has 0 radical (unpaired) electrons. The number of aromatic nitrogens is 4. The average Bonchev–Trinajstić information content (AvgIpc) is 3.28. The van der Waals surface area contributed by atoms with Crippen LogP contribution in [-0.4, -0.2) is 45.7 Å². The quantitative estimate of drug-likeness (QED) is 0.469. The zero-order chi connectivity index (χ0) is 24.0. The van der Waals surface area contributed by atoms with E-state index in [-0.39, 0.29) is 5.82 Å². The molecule has 0 atom stereocenters. The number of nitrogen functional groups attached to an aromatic ring is 1. The van der Waals surface area contributed by atoms with Gasteiger partial charge in [0.2, 0.25) is 0 Å². The molecule has 0 fully saturated rings. The number of esters is 2. The van der Waals surface area contributed by atoms with E-state index in [4.69, 9.17) is 10.5 Å². The summed E-state index contributed by atoms with van der Waals surface area (Å²) in [6, 6.07) is 14.7. The van der Waals surface area contributed by atoms with Gasteiger partial charge < -0.3 is 15.2 Å². The molecule has 9 nitrogen and oxygen atoms in total. The number of carbonyl (C=O) groups is 2. The smallest absolute Gasteiger partial charge is 0.341 e. The summed E-state index contributed by atoms with van der Waals surface area (Å²) < 4.78 is 10.9. The third kappa shape index (κ3) is 5.15. The van der Waals surface area contributed by atoms with Gasteiger partial charge in [-0.25, -0.2) is 24.1 Å². The minimum absolute atomic E-state index is 0.194. The highest BCUT2D eigenvalue weighted by atomic mass is 16.5. The van der Waals surface area contributed by atoms with Crippen molar-refractivity contribution >= 4 is 23.4 Å². The van der Waals surface area contributed by atoms with Crippen molar-refractivity contribution in [1.29, 1.82) is 0 Å². The van der Waals surface area contributed by atoms with Gasteiger partial charge >= 0.3 is 11.9 Å². The number of hydrogen-bond acceptors (Lipinski definition) is 8. The van der Waals surface area contributed by atoms with Gasteiger partial charge in [-0.3, -0.25) is 0 Å². The maximum atomic E-state index is 11.8. The molecule has 0 spiro atoms. The molecule has 3 aromatic heterocycles. The summed E-state index contributed by atoms with van der Waals surface area (Å²) >= 11 is 0. The van der Waals surface area contributed by atoms with Crippen molar-refractivity contribution in [1.82, 2.24) is 19.6 Å². The Balaban J connectivity index is 0.000000235. The van der Waals surface area contributed by atoms with Crippen LogP contribution in [0.5, 0.6) is 0 Å². The summed E-state index contributed by atoms with van der Waals surface area (Å²) in [5, 5.41) is 4.50. The Morgan fingerprint density at radius 2 is 1.61 bits per heavy atom. The lowest BCUT2D eigenvalue weighted by molar-refractivity contribution is 0.0593. The molecule has 3 heterocycles. The van der Waals surface area contributed by atoms with Gasteiger partial charge in [0.05, 0.1) is 14.2 Å². The van der Waals surface area contributed by atoms with Gasteiger partial charge in [-0.1, -0.05) is 38.1 Å². The number of pyridine rings is 2. The first-order valence-corrected chi connectivity index (χ1v) is 10.2. The highest BCUT2D eigenvalue weighted by molar-refractivity contribution is 5.96. The van der Waals surface area contributed by atoms with Gasteiger partial charge in [-0.2, -0.15) is 0 Å². The predicted octanol–water partition coefficient (Wildman–Crippen LogP) is 3.76. The maximum absolute atomic E-state index is 11.8. The van der Waals surface area contributed by atoms with E-state index < -0.39 is 11.9 Å². The highest BCUT2D eigenvalue weighted by Crippen LogP contribution is 2.27. The fraction of sp³-hybridized carbons (Fsp3) is 0.208. The maximum Gasteiger partial charge on any atom is 0.341 e. The lowest BCUT2D eigenvalue weighted by Gasteiger charge is -2.09. The van der Waals surface area contributed by atoms with Gasteiger partial charge in [-0.15, -0.1) is 5.10 Å². The summed E-state index contributed by atoms with van der Waals surface area (Å²) in [5.74, 6) is 0.292. The van der Waals surface area contributed by atoms with E-state index in [0.717, 1.165) is 5.56 Å². The SMILES string of the molecule is COC(=O)c1cccn2nc(-c3ccccc3C(C)C)nc12.COC(=O)c1cccnc1N. The lowest BCUT2D eigenvalue weighted by Crippen LogP contribution is -2.06. The van der Waals surface area contributed by atoms with E-state index in [0.29, 0.717) is 28.5 Å². The summed E-state index contributed by atoms with van der Waals surface area (Å²) in [7, 11) is 2.66. The van der Waals surface area contributed by atoms with Crippen LogP contribution >= 0.6 is 0 Å². The van der Waals surface area contributed by atoms with E-state index in [1.54, 1.807) is 35.0 Å². The summed E-state index contributed by atoms with van der Waals surface area (Å²) in [4.78, 5) is 31.0. The normalized spacial score (nSPS) is 10.5. The zero-order valence-corrected chi connectivity index (χ0v) is 18.9. The van der Waals surface area contributed by atoms with Gasteiger partial charge in [0.15, 0.2) is 11.5 Å². The fourth-order valence-corrected chi connectivity index (χ4v) is 3.19. The molecule has 4 rings (SSSR count). The number of hydrogen-bond donors (Lipinski definition) is 1. The third-order valence-electron chi connectivity index (χ3n) is 4.84. The van der Waals surface area contributed by atoms with Gasteiger partial charge in [0, 0.05) is 18.0 Å². The largest absolute Gasteiger partial charge is 0.465 e. The van der Waals surface area contributed by atoms with Crippen LogP contribution < -0.4 is 5.73 Å². The Morgan fingerprint density at radius 3 is 2.27 bits per heavy atom. The number of rotatable bonds is 4. The molecule has 4 aromatic rings. The van der Waals surface area contributed by atoms with E-state index in [9.17, 15) is 9.59 Å². The lowest BCUT2D eigenvalue weighted by atomic mass is 9.97. The van der Waals surface area contributed by atoms with Crippen molar-refractivity contribution in [3.63, 3.8) is 0 Å². The van der Waals surface area contributed by atoms with Crippen molar-refractivity contribution in [3.8, 4) is 11.4 Å². The second kappa shape index (κ2) is 10.4. The first-order valence-electron chi connectivity index (χ1n) is 10.2. The van der Waals surface area contributed by atoms with Crippen molar-refractivity contribution in [2.24, 2.45) is 0 Å². The van der Waals surface area contributed by atoms with Gasteiger partial charge in [0.25, 0.3) is 0 Å². The molecule has 0 saturated heterocycles. The summed E-state index contributed by atoms with van der Waals surface area (Å²) in [6.07, 6.45) is 3.29. The minimum Gasteiger partial charge on any atom is -0.465 e. The topological polar surface area (TPSA) is 122 Å². The number of nitrogens with two attached hydrogens (primary N) is 1. The second-order valence-electron chi connectivity index (χ2n) is 7.29. The predicted molar refractivity (Wildman–Crippen MR) is 124 cm³/mol. The van der Waals surface area contributed by atoms with Crippen LogP contribution in [0, 0.1) is 0 Å². The zero-order valence-electron chi connectivity index (χ0n) is 18.9. The van der Waals surface area contributed by atoms with E-state index in [2.05, 4.69) is 39.7 Å². The molecule has 9 heteroatoms. The van der Waals surface area contributed by atoms with E-state index >= 15 is 0 Å². The number of methoxy groups -OCH3 is 2. The molecule has 33 heavy (non-hydrogen) atoms. The molecule has 0 aliphatic heterocycles. The van der Waals surface area contributed by atoms with Crippen LogP contribution in [-0.2, 0) is 9.47 Å². The molecule has 0 aliphatic rings. The highest BCUT2D eigenvalue weighted by Gasteiger charge is 2.17. The molecule has 170 valence electrons. The monoisotopic (exact) mass is 447 g/mol. The summed E-state index contributed by atoms with van der Waals surface area (Å²) in [5.41, 5.74) is 8.76. The Kier molecular flexibility index (Phi) is 7.34. The Hall–Kier alpha value is -4.27. The van der Waals surface area contributed by atoms with Crippen LogP contribution in [0.25, 0.3) is 17.0 Å². The van der Waals surface area contributed by atoms with Crippen LogP contribution in [0.2, 0.25) is 0 Å². The van der Waals surface area contributed by atoms with Crippen LogP contribution in [0.4, 0.5) is 5.82 Å². The standard InChI is InChI=1S/C17H17N3O2.C7H8N2O2/c1-11(2)12-7-4-5-8-13(12)15-18-16-14(17(21)22-3)9-6-10-20(16)19-15;1-11-7(10)5-3-2-4-9-6(5)8/h4-11H,1-3H3;2-4H,1H3,(H2,8,9). The number of benzene rings is 1. The third-order valence-corrected chi connectivity index (χ3v) is 4.84. The first-order chi connectivity index (χ1) is 15.9. The molecule has 0 unspecified atom stereocenters. The molecule has 0 saturated carbocycles. The molecule has 0 bridgehead atoms.